The number of halogens is 4. The molecule has 29 heavy (non-hydrogen) atoms. The van der Waals surface area contributed by atoms with Crippen LogP contribution in [-0.2, 0) is 19.7 Å². The third-order valence-corrected chi connectivity index (χ3v) is 5.42. The highest BCUT2D eigenvalue weighted by molar-refractivity contribution is 9.10. The van der Waals surface area contributed by atoms with Gasteiger partial charge in [-0.05, 0) is 63.5 Å². The number of ether oxygens (including phenoxy) is 2. The van der Waals surface area contributed by atoms with E-state index in [4.69, 9.17) is 32.7 Å². The monoisotopic (exact) mass is 497 g/mol. The van der Waals surface area contributed by atoms with Crippen LogP contribution in [0.2, 0.25) is 10.0 Å². The minimum atomic E-state index is -0.238. The summed E-state index contributed by atoms with van der Waals surface area (Å²) in [7, 11) is 1.60. The molecule has 3 aromatic carbocycles. The van der Waals surface area contributed by atoms with Crippen molar-refractivity contribution in [3.8, 4) is 11.5 Å². The van der Waals surface area contributed by atoms with Crippen molar-refractivity contribution < 1.29 is 13.9 Å². The van der Waals surface area contributed by atoms with Gasteiger partial charge in [0.25, 0.3) is 0 Å². The summed E-state index contributed by atoms with van der Waals surface area (Å²) in [5, 5.41) is 4.47. The summed E-state index contributed by atoms with van der Waals surface area (Å²) >= 11 is 15.7. The van der Waals surface area contributed by atoms with E-state index in [1.54, 1.807) is 31.4 Å². The van der Waals surface area contributed by atoms with Crippen LogP contribution in [0.5, 0.6) is 11.5 Å². The standard InChI is InChI=1S/C22H19BrCl2FNO2/c1-28-21-9-15(12-27-11-14-2-6-18(26)7-3-14)8-19(23)22(21)29-13-16-4-5-17(24)10-20(16)25/h2-10,27H,11-13H2,1H3. The molecular weight excluding hydrogens is 480 g/mol. The molecule has 0 aliphatic heterocycles. The summed E-state index contributed by atoms with van der Waals surface area (Å²) in [6, 6.07) is 15.6. The summed E-state index contributed by atoms with van der Waals surface area (Å²) in [4.78, 5) is 0. The molecule has 0 aromatic heterocycles. The maximum absolute atomic E-state index is 13.0. The van der Waals surface area contributed by atoms with E-state index in [-0.39, 0.29) is 12.4 Å². The van der Waals surface area contributed by atoms with Crippen LogP contribution in [0.15, 0.2) is 59.1 Å². The van der Waals surface area contributed by atoms with Crippen molar-refractivity contribution in [3.05, 3.63) is 91.6 Å². The second kappa shape index (κ2) is 10.3. The molecule has 0 unspecified atom stereocenters. The Kier molecular flexibility index (Phi) is 7.78. The van der Waals surface area contributed by atoms with Gasteiger partial charge in [-0.2, -0.15) is 0 Å². The number of hydrogen-bond acceptors (Lipinski definition) is 3. The van der Waals surface area contributed by atoms with Gasteiger partial charge < -0.3 is 14.8 Å². The zero-order valence-corrected chi connectivity index (χ0v) is 18.7. The van der Waals surface area contributed by atoms with E-state index in [1.165, 1.54) is 12.1 Å². The fourth-order valence-electron chi connectivity index (χ4n) is 2.76. The molecule has 0 heterocycles. The van der Waals surface area contributed by atoms with Crippen LogP contribution in [0, 0.1) is 5.82 Å². The van der Waals surface area contributed by atoms with Gasteiger partial charge in [-0.1, -0.05) is 41.4 Å². The van der Waals surface area contributed by atoms with Crippen LogP contribution < -0.4 is 14.8 Å². The zero-order chi connectivity index (χ0) is 20.8. The summed E-state index contributed by atoms with van der Waals surface area (Å²) in [6.45, 7) is 1.54. The average molecular weight is 499 g/mol. The SMILES string of the molecule is COc1cc(CNCc2ccc(F)cc2)cc(Br)c1OCc1ccc(Cl)cc1Cl. The maximum atomic E-state index is 13.0. The normalized spacial score (nSPS) is 10.8. The highest BCUT2D eigenvalue weighted by Crippen LogP contribution is 2.37. The van der Waals surface area contributed by atoms with Crippen molar-refractivity contribution in [2.24, 2.45) is 0 Å². The van der Waals surface area contributed by atoms with E-state index in [1.807, 2.05) is 18.2 Å². The minimum absolute atomic E-state index is 0.238. The van der Waals surface area contributed by atoms with Crippen molar-refractivity contribution >= 4 is 39.1 Å². The first-order valence-electron chi connectivity index (χ1n) is 8.84. The van der Waals surface area contributed by atoms with E-state index >= 15 is 0 Å². The third-order valence-electron chi connectivity index (χ3n) is 4.25. The Labute approximate surface area is 187 Å². The lowest BCUT2D eigenvalue weighted by atomic mass is 10.1. The van der Waals surface area contributed by atoms with Crippen LogP contribution in [0.1, 0.15) is 16.7 Å². The summed E-state index contributed by atoms with van der Waals surface area (Å²) in [5.74, 6) is 0.974. The molecule has 7 heteroatoms. The van der Waals surface area contributed by atoms with E-state index in [0.29, 0.717) is 34.6 Å². The molecule has 0 spiro atoms. The Balaban J connectivity index is 1.65. The molecule has 3 rings (SSSR count). The average Bonchev–Trinajstić information content (AvgIpc) is 2.69. The van der Waals surface area contributed by atoms with Gasteiger partial charge in [-0.25, -0.2) is 4.39 Å². The number of nitrogens with one attached hydrogen (secondary N) is 1. The van der Waals surface area contributed by atoms with Crippen molar-refractivity contribution in [2.75, 3.05) is 7.11 Å². The van der Waals surface area contributed by atoms with Gasteiger partial charge in [0, 0.05) is 28.7 Å². The Hall–Kier alpha value is -1.79. The summed E-state index contributed by atoms with van der Waals surface area (Å²) in [6.07, 6.45) is 0. The fourth-order valence-corrected chi connectivity index (χ4v) is 3.82. The molecule has 0 bridgehead atoms. The lowest BCUT2D eigenvalue weighted by molar-refractivity contribution is 0.282. The largest absolute Gasteiger partial charge is 0.493 e. The number of rotatable bonds is 8. The Morgan fingerprint density at radius 1 is 0.966 bits per heavy atom. The highest BCUT2D eigenvalue weighted by atomic mass is 79.9. The highest BCUT2D eigenvalue weighted by Gasteiger charge is 2.13. The first-order chi connectivity index (χ1) is 14.0. The Morgan fingerprint density at radius 3 is 2.38 bits per heavy atom. The van der Waals surface area contributed by atoms with Crippen molar-refractivity contribution in [1.82, 2.24) is 5.32 Å². The van der Waals surface area contributed by atoms with Gasteiger partial charge in [0.1, 0.15) is 12.4 Å². The van der Waals surface area contributed by atoms with Gasteiger partial charge in [0.15, 0.2) is 11.5 Å². The van der Waals surface area contributed by atoms with Gasteiger partial charge in [0.05, 0.1) is 11.6 Å². The molecule has 0 saturated heterocycles. The number of hydrogen-bond donors (Lipinski definition) is 1. The molecule has 3 nitrogen and oxygen atoms in total. The van der Waals surface area contributed by atoms with Crippen LogP contribution in [0.25, 0.3) is 0 Å². The van der Waals surface area contributed by atoms with E-state index in [0.717, 1.165) is 21.2 Å². The zero-order valence-electron chi connectivity index (χ0n) is 15.6. The van der Waals surface area contributed by atoms with E-state index < -0.39 is 0 Å². The molecular formula is C22H19BrCl2FNO2. The molecule has 0 amide bonds. The van der Waals surface area contributed by atoms with Gasteiger partial charge in [-0.3, -0.25) is 0 Å². The predicted octanol–water partition coefficient (Wildman–Crippen LogP) is 6.77. The molecule has 1 N–H and O–H groups in total. The van der Waals surface area contributed by atoms with E-state index in [2.05, 4.69) is 21.2 Å². The molecule has 0 aliphatic rings. The maximum Gasteiger partial charge on any atom is 0.175 e. The second-order valence-corrected chi connectivity index (χ2v) is 8.06. The smallest absolute Gasteiger partial charge is 0.175 e. The quantitative estimate of drug-likeness (QED) is 0.371. The van der Waals surface area contributed by atoms with Crippen LogP contribution in [-0.4, -0.2) is 7.11 Å². The Bertz CT molecular complexity index is 983. The lowest BCUT2D eigenvalue weighted by Gasteiger charge is -2.15. The van der Waals surface area contributed by atoms with Crippen LogP contribution in [0.4, 0.5) is 4.39 Å². The van der Waals surface area contributed by atoms with Crippen molar-refractivity contribution in [2.45, 2.75) is 19.7 Å². The molecule has 152 valence electrons. The number of methoxy groups -OCH3 is 1. The summed E-state index contributed by atoms with van der Waals surface area (Å²) < 4.78 is 25.2. The molecule has 0 fully saturated rings. The number of benzene rings is 3. The van der Waals surface area contributed by atoms with Crippen molar-refractivity contribution in [3.63, 3.8) is 0 Å². The minimum Gasteiger partial charge on any atom is -0.493 e. The molecule has 0 aliphatic carbocycles. The molecule has 3 aromatic rings. The van der Waals surface area contributed by atoms with Gasteiger partial charge in [0.2, 0.25) is 0 Å². The second-order valence-electron chi connectivity index (χ2n) is 6.36. The Morgan fingerprint density at radius 2 is 1.69 bits per heavy atom. The first-order valence-corrected chi connectivity index (χ1v) is 10.4. The van der Waals surface area contributed by atoms with Crippen LogP contribution in [0.3, 0.4) is 0 Å². The molecule has 0 radical (unpaired) electrons. The van der Waals surface area contributed by atoms with Gasteiger partial charge >= 0.3 is 0 Å². The molecule has 0 atom stereocenters. The third kappa shape index (κ3) is 6.09. The summed E-state index contributed by atoms with van der Waals surface area (Å²) in [5.41, 5.74) is 2.86. The molecule has 0 saturated carbocycles. The van der Waals surface area contributed by atoms with Gasteiger partial charge in [-0.15, -0.1) is 0 Å². The van der Waals surface area contributed by atoms with Crippen molar-refractivity contribution in [1.29, 1.82) is 0 Å². The predicted molar refractivity (Wildman–Crippen MR) is 118 cm³/mol. The lowest BCUT2D eigenvalue weighted by Crippen LogP contribution is -2.13. The topological polar surface area (TPSA) is 30.5 Å². The van der Waals surface area contributed by atoms with E-state index in [9.17, 15) is 4.39 Å². The first kappa shape index (κ1) is 21.9. The fraction of sp³-hybridized carbons (Fsp3) is 0.182. The van der Waals surface area contributed by atoms with Crippen LogP contribution >= 0.6 is 39.1 Å².